The molecule has 0 aliphatic heterocycles. The van der Waals surface area contributed by atoms with Crippen molar-refractivity contribution < 1.29 is 0 Å². The standard InChI is InChI=1S/C9H20Si/c1-9(2)7-6-8-10(3,4)5/h6,8-9H,7H2,1-5H3/b8-6+. The predicted molar refractivity (Wildman–Crippen MR) is 51.9 cm³/mol. The summed E-state index contributed by atoms with van der Waals surface area (Å²) in [5.41, 5.74) is 2.42. The molecule has 0 heterocycles. The Labute approximate surface area is 66.4 Å². The molecule has 10 heavy (non-hydrogen) atoms. The van der Waals surface area contributed by atoms with E-state index >= 15 is 0 Å². The Morgan fingerprint density at radius 2 is 1.70 bits per heavy atom. The molecular formula is C9H20Si. The van der Waals surface area contributed by atoms with Crippen LogP contribution in [0.15, 0.2) is 11.8 Å². The maximum absolute atomic E-state index is 2.42. The van der Waals surface area contributed by atoms with Gasteiger partial charge >= 0.3 is 0 Å². The number of allylic oxidation sites excluding steroid dienone is 1. The first kappa shape index (κ1) is 9.96. The summed E-state index contributed by atoms with van der Waals surface area (Å²) in [5.74, 6) is 0.813. The third-order valence-corrected chi connectivity index (χ3v) is 2.46. The zero-order valence-electron chi connectivity index (χ0n) is 7.94. The van der Waals surface area contributed by atoms with E-state index in [1.165, 1.54) is 6.42 Å². The summed E-state index contributed by atoms with van der Waals surface area (Å²) < 4.78 is 0. The second-order valence-electron chi connectivity index (χ2n) is 4.40. The summed E-state index contributed by atoms with van der Waals surface area (Å²) in [6, 6.07) is 0. The predicted octanol–water partition coefficient (Wildman–Crippen LogP) is 3.47. The van der Waals surface area contributed by atoms with E-state index in [1.54, 1.807) is 0 Å². The van der Waals surface area contributed by atoms with Crippen molar-refractivity contribution in [2.45, 2.75) is 39.9 Å². The van der Waals surface area contributed by atoms with Crippen LogP contribution in [-0.2, 0) is 0 Å². The molecule has 0 bridgehead atoms. The quantitative estimate of drug-likeness (QED) is 0.549. The first-order valence-corrected chi connectivity index (χ1v) is 7.67. The van der Waals surface area contributed by atoms with Crippen LogP contribution in [0.3, 0.4) is 0 Å². The topological polar surface area (TPSA) is 0 Å². The molecule has 0 amide bonds. The van der Waals surface area contributed by atoms with E-state index in [9.17, 15) is 0 Å². The van der Waals surface area contributed by atoms with Gasteiger partial charge in [0.15, 0.2) is 0 Å². The molecule has 0 unspecified atom stereocenters. The fourth-order valence-corrected chi connectivity index (χ4v) is 1.54. The van der Waals surface area contributed by atoms with Crippen LogP contribution in [0.1, 0.15) is 20.3 Å². The maximum atomic E-state index is 2.42. The van der Waals surface area contributed by atoms with E-state index in [1.807, 2.05) is 0 Å². The average Bonchev–Trinajstić information content (AvgIpc) is 1.59. The normalized spacial score (nSPS) is 13.4. The molecule has 0 aliphatic rings. The first-order chi connectivity index (χ1) is 4.42. The van der Waals surface area contributed by atoms with Gasteiger partial charge in [-0.15, -0.1) is 0 Å². The molecule has 0 aromatic rings. The molecule has 0 saturated carbocycles. The second-order valence-corrected chi connectivity index (χ2v) is 9.46. The summed E-state index contributed by atoms with van der Waals surface area (Å²) in [4.78, 5) is 0. The number of hydrogen-bond donors (Lipinski definition) is 0. The minimum absolute atomic E-state index is 0.813. The van der Waals surface area contributed by atoms with Crippen LogP contribution in [0.5, 0.6) is 0 Å². The largest absolute Gasteiger partial charge is 0.0989 e. The van der Waals surface area contributed by atoms with Gasteiger partial charge in [0.25, 0.3) is 0 Å². The van der Waals surface area contributed by atoms with E-state index in [2.05, 4.69) is 45.3 Å². The molecule has 1 heteroatoms. The third kappa shape index (κ3) is 7.96. The highest BCUT2D eigenvalue weighted by Crippen LogP contribution is 2.06. The van der Waals surface area contributed by atoms with E-state index in [4.69, 9.17) is 0 Å². The second kappa shape index (κ2) is 3.97. The highest BCUT2D eigenvalue weighted by atomic mass is 28.3. The average molecular weight is 156 g/mol. The number of rotatable bonds is 3. The summed E-state index contributed by atoms with van der Waals surface area (Å²) >= 11 is 0. The van der Waals surface area contributed by atoms with Gasteiger partial charge in [0.05, 0.1) is 8.07 Å². The molecule has 0 aliphatic carbocycles. The summed E-state index contributed by atoms with van der Waals surface area (Å²) in [7, 11) is -0.905. The highest BCUT2D eigenvalue weighted by Gasteiger charge is 2.05. The fourth-order valence-electron chi connectivity index (χ4n) is 0.694. The van der Waals surface area contributed by atoms with Gasteiger partial charge in [-0.25, -0.2) is 0 Å². The van der Waals surface area contributed by atoms with Crippen LogP contribution in [0.2, 0.25) is 19.6 Å². The monoisotopic (exact) mass is 156 g/mol. The number of hydrogen-bond acceptors (Lipinski definition) is 0. The van der Waals surface area contributed by atoms with Crippen molar-refractivity contribution in [3.05, 3.63) is 11.8 Å². The Morgan fingerprint density at radius 3 is 2.00 bits per heavy atom. The lowest BCUT2D eigenvalue weighted by Crippen LogP contribution is -2.15. The van der Waals surface area contributed by atoms with Gasteiger partial charge in [0.2, 0.25) is 0 Å². The van der Waals surface area contributed by atoms with Gasteiger partial charge in [-0.2, -0.15) is 0 Å². The van der Waals surface area contributed by atoms with E-state index < -0.39 is 8.07 Å². The van der Waals surface area contributed by atoms with Crippen molar-refractivity contribution in [3.63, 3.8) is 0 Å². The Balaban J connectivity index is 3.57. The van der Waals surface area contributed by atoms with Gasteiger partial charge in [-0.05, 0) is 12.3 Å². The van der Waals surface area contributed by atoms with Crippen LogP contribution in [-0.4, -0.2) is 8.07 Å². The zero-order valence-corrected chi connectivity index (χ0v) is 8.94. The molecule has 0 saturated heterocycles. The molecule has 0 aromatic carbocycles. The lowest BCUT2D eigenvalue weighted by atomic mass is 10.1. The van der Waals surface area contributed by atoms with Crippen molar-refractivity contribution in [3.8, 4) is 0 Å². The van der Waals surface area contributed by atoms with Crippen LogP contribution in [0, 0.1) is 5.92 Å². The van der Waals surface area contributed by atoms with E-state index in [0.29, 0.717) is 0 Å². The Kier molecular flexibility index (Phi) is 3.95. The van der Waals surface area contributed by atoms with E-state index in [0.717, 1.165) is 5.92 Å². The van der Waals surface area contributed by atoms with E-state index in [-0.39, 0.29) is 0 Å². The maximum Gasteiger partial charge on any atom is 0.0682 e. The summed E-state index contributed by atoms with van der Waals surface area (Å²) in [6.45, 7) is 11.6. The molecule has 0 aromatic heterocycles. The SMILES string of the molecule is CC(C)C/C=C/[Si](C)(C)C. The lowest BCUT2D eigenvalue weighted by molar-refractivity contribution is 0.664. The van der Waals surface area contributed by atoms with Crippen molar-refractivity contribution in [2.75, 3.05) is 0 Å². The van der Waals surface area contributed by atoms with Crippen molar-refractivity contribution in [1.29, 1.82) is 0 Å². The fraction of sp³-hybridized carbons (Fsp3) is 0.778. The van der Waals surface area contributed by atoms with Gasteiger partial charge in [-0.3, -0.25) is 0 Å². The molecule has 0 rings (SSSR count). The van der Waals surface area contributed by atoms with Gasteiger partial charge < -0.3 is 0 Å². The molecule has 0 N–H and O–H groups in total. The summed E-state index contributed by atoms with van der Waals surface area (Å²) in [6.07, 6.45) is 3.58. The smallest absolute Gasteiger partial charge is 0.0682 e. The van der Waals surface area contributed by atoms with Gasteiger partial charge in [-0.1, -0.05) is 45.3 Å². The Morgan fingerprint density at radius 1 is 1.20 bits per heavy atom. The highest BCUT2D eigenvalue weighted by molar-refractivity contribution is 6.80. The minimum atomic E-state index is -0.905. The molecule has 60 valence electrons. The van der Waals surface area contributed by atoms with Crippen LogP contribution < -0.4 is 0 Å². The van der Waals surface area contributed by atoms with Gasteiger partial charge in [0, 0.05) is 0 Å². The molecule has 0 atom stereocenters. The minimum Gasteiger partial charge on any atom is -0.0989 e. The molecule has 0 radical (unpaired) electrons. The Hall–Kier alpha value is -0.0431. The molecule has 0 fully saturated rings. The van der Waals surface area contributed by atoms with Gasteiger partial charge in [0.1, 0.15) is 0 Å². The molecule has 0 spiro atoms. The summed E-state index contributed by atoms with van der Waals surface area (Å²) in [5, 5.41) is 0. The zero-order chi connectivity index (χ0) is 8.20. The van der Waals surface area contributed by atoms with Crippen LogP contribution in [0.4, 0.5) is 0 Å². The molecule has 0 nitrogen and oxygen atoms in total. The third-order valence-electron chi connectivity index (χ3n) is 1.23. The van der Waals surface area contributed by atoms with Crippen molar-refractivity contribution >= 4 is 8.07 Å². The molecular weight excluding hydrogens is 136 g/mol. The lowest BCUT2D eigenvalue weighted by Gasteiger charge is -2.08. The van der Waals surface area contributed by atoms with Crippen LogP contribution >= 0.6 is 0 Å². The van der Waals surface area contributed by atoms with Crippen molar-refractivity contribution in [1.82, 2.24) is 0 Å². The van der Waals surface area contributed by atoms with Crippen molar-refractivity contribution in [2.24, 2.45) is 5.92 Å². The van der Waals surface area contributed by atoms with Crippen LogP contribution in [0.25, 0.3) is 0 Å². The first-order valence-electron chi connectivity index (χ1n) is 4.09. The Bertz CT molecular complexity index is 106.